The average molecular weight is 601 g/mol. The van der Waals surface area contributed by atoms with Gasteiger partial charge in [-0.3, -0.25) is 15.2 Å². The number of nitrogens with two attached hydrogens (primary N) is 1. The lowest BCUT2D eigenvalue weighted by molar-refractivity contribution is 0.0738. The standard InChI is InChI=1S/C29H37ClN6O2S2/c30-21-7-3-20(4-8-21)28-34-22(17-39-28)18-40-29-25(16-32)26(19-5-9-23(10-6-19)37-13-14-38-33)24(15-31)27(35-29)36-11-1-2-12-36/h3,5,7,9,15,22,24,27,29,31,35H,1-2,4,6,8,10-14,17-18,33H2. The third kappa shape index (κ3) is 6.96. The first-order valence-electron chi connectivity index (χ1n) is 14.0. The van der Waals surface area contributed by atoms with Gasteiger partial charge in [0.1, 0.15) is 13.2 Å². The Morgan fingerprint density at radius 3 is 2.65 bits per heavy atom. The Morgan fingerprint density at radius 1 is 1.18 bits per heavy atom. The minimum absolute atomic E-state index is 0.00484. The van der Waals surface area contributed by atoms with Crippen LogP contribution in [0.25, 0.3) is 0 Å². The van der Waals surface area contributed by atoms with Crippen molar-refractivity contribution in [3.8, 4) is 6.07 Å². The zero-order valence-corrected chi connectivity index (χ0v) is 25.0. The normalized spacial score (nSPS) is 29.3. The summed E-state index contributed by atoms with van der Waals surface area (Å²) in [5, 5.41) is 24.5. The lowest BCUT2D eigenvalue weighted by Gasteiger charge is -2.42. The number of hydrogen-bond donors (Lipinski definition) is 3. The molecule has 0 aromatic rings. The summed E-state index contributed by atoms with van der Waals surface area (Å²) >= 11 is 9.75. The van der Waals surface area contributed by atoms with Crippen molar-refractivity contribution in [1.29, 1.82) is 10.7 Å². The maximum absolute atomic E-state index is 10.4. The first-order valence-corrected chi connectivity index (χ1v) is 16.4. The van der Waals surface area contributed by atoms with E-state index >= 15 is 0 Å². The Labute approximate surface area is 250 Å². The molecular formula is C29H37ClN6O2S2. The molecule has 5 rings (SSSR count). The number of nitrogens with one attached hydrogen (secondary N) is 2. The van der Waals surface area contributed by atoms with Crippen molar-refractivity contribution in [2.45, 2.75) is 56.1 Å². The van der Waals surface area contributed by atoms with Crippen molar-refractivity contribution in [3.05, 3.63) is 57.4 Å². The highest BCUT2D eigenvalue weighted by molar-refractivity contribution is 8.14. The molecular weight excluding hydrogens is 564 g/mol. The molecule has 0 amide bonds. The Morgan fingerprint density at radius 2 is 1.98 bits per heavy atom. The summed E-state index contributed by atoms with van der Waals surface area (Å²) in [6.45, 7) is 2.76. The van der Waals surface area contributed by atoms with Gasteiger partial charge in [-0.05, 0) is 74.1 Å². The number of allylic oxidation sites excluding steroid dienone is 7. The molecule has 11 heteroatoms. The topological polar surface area (TPSA) is 120 Å². The molecule has 0 spiro atoms. The number of aliphatic imine (C=N–C) groups is 1. The Kier molecular flexibility index (Phi) is 10.6. The molecule has 2 aliphatic carbocycles. The molecule has 0 aromatic heterocycles. The fourth-order valence-electron chi connectivity index (χ4n) is 5.84. The van der Waals surface area contributed by atoms with Gasteiger partial charge in [-0.2, -0.15) is 5.26 Å². The summed E-state index contributed by atoms with van der Waals surface area (Å²) in [6.07, 6.45) is 15.3. The molecule has 1 saturated heterocycles. The average Bonchev–Trinajstić information content (AvgIpc) is 3.69. The summed E-state index contributed by atoms with van der Waals surface area (Å²) in [6, 6.07) is 2.76. The predicted octanol–water partition coefficient (Wildman–Crippen LogP) is 5.02. The molecule has 0 aromatic carbocycles. The highest BCUT2D eigenvalue weighted by Crippen LogP contribution is 2.40. The zero-order valence-electron chi connectivity index (χ0n) is 22.6. The van der Waals surface area contributed by atoms with Gasteiger partial charge in [-0.1, -0.05) is 23.8 Å². The number of hydrogen-bond acceptors (Lipinski definition) is 10. The van der Waals surface area contributed by atoms with Gasteiger partial charge in [0, 0.05) is 35.1 Å². The smallest absolute Gasteiger partial charge is 0.113 e. The third-order valence-corrected chi connectivity index (χ3v) is 10.7. The van der Waals surface area contributed by atoms with Gasteiger partial charge in [0.15, 0.2) is 0 Å². The predicted molar refractivity (Wildman–Crippen MR) is 165 cm³/mol. The van der Waals surface area contributed by atoms with Crippen molar-refractivity contribution in [2.75, 3.05) is 37.8 Å². The molecule has 1 fully saturated rings. The molecule has 0 bridgehead atoms. The SMILES string of the molecule is N#CC1=C(C2=CC=C(OCCON)CC2)C(C=N)C(N2CCCC2)NC1SCC1CSC(C2=CC=C(Cl)CC2)=N1. The molecule has 4 atom stereocenters. The molecule has 4 N–H and O–H groups in total. The van der Waals surface area contributed by atoms with Crippen LogP contribution in [-0.4, -0.2) is 71.5 Å². The minimum atomic E-state index is -0.179. The summed E-state index contributed by atoms with van der Waals surface area (Å²) in [5.74, 6) is 7.61. The molecule has 8 nitrogen and oxygen atoms in total. The highest BCUT2D eigenvalue weighted by Gasteiger charge is 2.41. The van der Waals surface area contributed by atoms with E-state index in [1.165, 1.54) is 11.8 Å². The highest BCUT2D eigenvalue weighted by atomic mass is 35.5. The van der Waals surface area contributed by atoms with Gasteiger partial charge in [-0.15, -0.1) is 23.5 Å². The molecule has 40 heavy (non-hydrogen) atoms. The first-order chi connectivity index (χ1) is 19.6. The number of ether oxygens (including phenoxy) is 1. The van der Waals surface area contributed by atoms with Crippen molar-refractivity contribution in [2.24, 2.45) is 16.8 Å². The Bertz CT molecular complexity index is 1200. The molecule has 0 saturated carbocycles. The molecule has 5 aliphatic rings. The van der Waals surface area contributed by atoms with Crippen LogP contribution in [0.3, 0.4) is 0 Å². The van der Waals surface area contributed by atoms with E-state index in [-0.39, 0.29) is 23.5 Å². The van der Waals surface area contributed by atoms with Crippen LogP contribution >= 0.6 is 35.1 Å². The summed E-state index contributed by atoms with van der Waals surface area (Å²) in [5.41, 5.74) is 4.14. The van der Waals surface area contributed by atoms with Gasteiger partial charge in [0.2, 0.25) is 0 Å². The molecule has 0 radical (unpaired) electrons. The number of rotatable bonds is 11. The van der Waals surface area contributed by atoms with Crippen LogP contribution in [0.4, 0.5) is 0 Å². The third-order valence-electron chi connectivity index (χ3n) is 7.87. The van der Waals surface area contributed by atoms with Crippen LogP contribution in [0, 0.1) is 22.7 Å². The number of nitrogens with zero attached hydrogens (tertiary/aromatic N) is 3. The molecule has 4 unspecified atom stereocenters. The summed E-state index contributed by atoms with van der Waals surface area (Å²) < 4.78 is 5.77. The summed E-state index contributed by atoms with van der Waals surface area (Å²) in [7, 11) is 0. The monoisotopic (exact) mass is 600 g/mol. The van der Waals surface area contributed by atoms with Crippen molar-refractivity contribution < 1.29 is 9.57 Å². The largest absolute Gasteiger partial charge is 0.495 e. The second-order valence-electron chi connectivity index (χ2n) is 10.4. The molecule has 3 aliphatic heterocycles. The molecule has 3 heterocycles. The van der Waals surface area contributed by atoms with Crippen LogP contribution in [-0.2, 0) is 9.57 Å². The number of nitriles is 1. The molecule has 214 valence electrons. The fourth-order valence-corrected chi connectivity index (χ4v) is 8.46. The second-order valence-corrected chi connectivity index (χ2v) is 13.1. The van der Waals surface area contributed by atoms with Gasteiger partial charge in [0.05, 0.1) is 40.0 Å². The maximum Gasteiger partial charge on any atom is 0.113 e. The first kappa shape index (κ1) is 29.6. The quantitative estimate of drug-likeness (QED) is 0.172. The zero-order chi connectivity index (χ0) is 27.9. The van der Waals surface area contributed by atoms with E-state index in [9.17, 15) is 5.26 Å². The van der Waals surface area contributed by atoms with E-state index in [1.54, 1.807) is 11.8 Å². The summed E-state index contributed by atoms with van der Waals surface area (Å²) in [4.78, 5) is 12.1. The van der Waals surface area contributed by atoms with Crippen LogP contribution in [0.1, 0.15) is 38.5 Å². The van der Waals surface area contributed by atoms with Crippen LogP contribution in [0.15, 0.2) is 62.4 Å². The van der Waals surface area contributed by atoms with Gasteiger partial charge in [-0.25, -0.2) is 5.90 Å². The lowest BCUT2D eigenvalue weighted by Crippen LogP contribution is -2.57. The van der Waals surface area contributed by atoms with Crippen molar-refractivity contribution in [3.63, 3.8) is 0 Å². The second kappa shape index (κ2) is 14.4. The minimum Gasteiger partial charge on any atom is -0.495 e. The van der Waals surface area contributed by atoms with Crippen LogP contribution in [0.2, 0.25) is 0 Å². The van der Waals surface area contributed by atoms with E-state index < -0.39 is 0 Å². The number of likely N-dealkylation sites (tertiary alicyclic amines) is 1. The Balaban J connectivity index is 1.37. The van der Waals surface area contributed by atoms with Crippen molar-refractivity contribution >= 4 is 46.4 Å². The van der Waals surface area contributed by atoms with E-state index in [2.05, 4.69) is 33.3 Å². The Hall–Kier alpha value is -1.84. The van der Waals surface area contributed by atoms with Crippen molar-refractivity contribution in [1.82, 2.24) is 10.2 Å². The van der Waals surface area contributed by atoms with E-state index in [0.29, 0.717) is 13.2 Å². The number of halogens is 1. The van der Waals surface area contributed by atoms with E-state index in [4.69, 9.17) is 32.6 Å². The maximum atomic E-state index is 10.4. The van der Waals surface area contributed by atoms with Crippen LogP contribution < -0.4 is 11.2 Å². The number of thioether (sulfide) groups is 2. The lowest BCUT2D eigenvalue weighted by atomic mass is 9.80. The fraction of sp³-hybridized carbons (Fsp3) is 0.552. The van der Waals surface area contributed by atoms with Crippen LogP contribution in [0.5, 0.6) is 0 Å². The van der Waals surface area contributed by atoms with Gasteiger partial charge >= 0.3 is 0 Å². The van der Waals surface area contributed by atoms with E-state index in [0.717, 1.165) is 95.7 Å². The van der Waals surface area contributed by atoms with Gasteiger partial charge < -0.3 is 15.0 Å². The van der Waals surface area contributed by atoms with E-state index in [1.807, 2.05) is 23.9 Å². The van der Waals surface area contributed by atoms with Gasteiger partial charge in [0.25, 0.3) is 0 Å².